The monoisotopic (exact) mass is 275 g/mol. The van der Waals surface area contributed by atoms with Gasteiger partial charge in [-0.15, -0.1) is 0 Å². The maximum absolute atomic E-state index is 11.6. The van der Waals surface area contributed by atoms with Crippen molar-refractivity contribution in [2.75, 3.05) is 25.5 Å². The standard InChI is InChI=1S/C16H25N3O/c1-4-14(16(17)20)19-10-6-9-15(19)12-7-5-8-13(11-12)18(2)3/h5,7-8,11,14-15H,4,6,9-10H2,1-3H3,(H2,17,20)/t14-,15+/m0/s1. The summed E-state index contributed by atoms with van der Waals surface area (Å²) in [6.45, 7) is 2.99. The van der Waals surface area contributed by atoms with E-state index in [9.17, 15) is 4.79 Å². The number of carbonyl (C=O) groups is 1. The van der Waals surface area contributed by atoms with Gasteiger partial charge in [0.15, 0.2) is 0 Å². The Labute approximate surface area is 121 Å². The van der Waals surface area contributed by atoms with E-state index in [-0.39, 0.29) is 11.9 Å². The SMILES string of the molecule is CC[C@@H](C(N)=O)N1CCC[C@@H]1c1cccc(N(C)C)c1. The van der Waals surface area contributed by atoms with E-state index in [1.54, 1.807) is 0 Å². The number of benzene rings is 1. The predicted octanol–water partition coefficient (Wildman–Crippen LogP) is 2.15. The molecule has 4 heteroatoms. The van der Waals surface area contributed by atoms with E-state index in [0.717, 1.165) is 25.8 Å². The van der Waals surface area contributed by atoms with E-state index in [1.807, 2.05) is 21.0 Å². The van der Waals surface area contributed by atoms with E-state index in [4.69, 9.17) is 5.73 Å². The highest BCUT2D eigenvalue weighted by atomic mass is 16.1. The summed E-state index contributed by atoms with van der Waals surface area (Å²) in [6, 6.07) is 8.74. The first-order valence-electron chi connectivity index (χ1n) is 7.37. The van der Waals surface area contributed by atoms with Crippen molar-refractivity contribution in [1.82, 2.24) is 4.90 Å². The Hall–Kier alpha value is -1.55. The van der Waals surface area contributed by atoms with Crippen LogP contribution in [0.1, 0.15) is 37.8 Å². The number of carbonyl (C=O) groups excluding carboxylic acids is 1. The lowest BCUT2D eigenvalue weighted by atomic mass is 10.0. The molecule has 0 aliphatic carbocycles. The average molecular weight is 275 g/mol. The molecular weight excluding hydrogens is 250 g/mol. The molecule has 20 heavy (non-hydrogen) atoms. The fraction of sp³-hybridized carbons (Fsp3) is 0.562. The van der Waals surface area contributed by atoms with Crippen LogP contribution in [0, 0.1) is 0 Å². The fourth-order valence-electron chi connectivity index (χ4n) is 3.13. The minimum absolute atomic E-state index is 0.148. The van der Waals surface area contributed by atoms with E-state index in [0.29, 0.717) is 6.04 Å². The van der Waals surface area contributed by atoms with Crippen LogP contribution >= 0.6 is 0 Å². The maximum atomic E-state index is 11.6. The summed E-state index contributed by atoms with van der Waals surface area (Å²) in [5, 5.41) is 0. The van der Waals surface area contributed by atoms with E-state index >= 15 is 0 Å². The molecule has 2 N–H and O–H groups in total. The van der Waals surface area contributed by atoms with E-state index in [2.05, 4.69) is 34.1 Å². The molecule has 1 amide bonds. The number of hydrogen-bond donors (Lipinski definition) is 1. The second-order valence-corrected chi connectivity index (χ2v) is 5.71. The highest BCUT2D eigenvalue weighted by Crippen LogP contribution is 2.35. The third-order valence-corrected chi connectivity index (χ3v) is 4.18. The molecule has 2 atom stereocenters. The molecule has 0 radical (unpaired) electrons. The van der Waals surface area contributed by atoms with Gasteiger partial charge in [0.1, 0.15) is 0 Å². The van der Waals surface area contributed by atoms with Crippen molar-refractivity contribution in [3.8, 4) is 0 Å². The number of nitrogens with two attached hydrogens (primary N) is 1. The van der Waals surface area contributed by atoms with Gasteiger partial charge in [0.25, 0.3) is 0 Å². The Balaban J connectivity index is 2.26. The molecule has 1 fully saturated rings. The number of amides is 1. The largest absolute Gasteiger partial charge is 0.378 e. The first kappa shape index (κ1) is 14.9. The lowest BCUT2D eigenvalue weighted by molar-refractivity contribution is -0.123. The highest BCUT2D eigenvalue weighted by Gasteiger charge is 2.33. The van der Waals surface area contributed by atoms with Crippen LogP contribution in [0.5, 0.6) is 0 Å². The van der Waals surface area contributed by atoms with Crippen molar-refractivity contribution >= 4 is 11.6 Å². The van der Waals surface area contributed by atoms with Crippen LogP contribution in [0.4, 0.5) is 5.69 Å². The van der Waals surface area contributed by atoms with Gasteiger partial charge in [-0.05, 0) is 43.5 Å². The molecular formula is C16H25N3O. The molecule has 110 valence electrons. The molecule has 0 unspecified atom stereocenters. The van der Waals surface area contributed by atoms with Crippen molar-refractivity contribution in [3.63, 3.8) is 0 Å². The van der Waals surface area contributed by atoms with E-state index in [1.165, 1.54) is 11.3 Å². The second kappa shape index (κ2) is 6.27. The molecule has 0 bridgehead atoms. The summed E-state index contributed by atoms with van der Waals surface area (Å²) < 4.78 is 0. The zero-order valence-corrected chi connectivity index (χ0v) is 12.7. The Morgan fingerprint density at radius 2 is 2.25 bits per heavy atom. The molecule has 2 rings (SSSR count). The molecule has 0 aromatic heterocycles. The van der Waals surface area contributed by atoms with Gasteiger partial charge in [-0.1, -0.05) is 19.1 Å². The predicted molar refractivity (Wildman–Crippen MR) is 82.7 cm³/mol. The van der Waals surface area contributed by atoms with Gasteiger partial charge >= 0.3 is 0 Å². The van der Waals surface area contributed by atoms with Crippen molar-refractivity contribution in [3.05, 3.63) is 29.8 Å². The summed E-state index contributed by atoms with van der Waals surface area (Å²) >= 11 is 0. The maximum Gasteiger partial charge on any atom is 0.234 e. The number of rotatable bonds is 5. The number of nitrogens with zero attached hydrogens (tertiary/aromatic N) is 2. The zero-order valence-electron chi connectivity index (χ0n) is 12.7. The summed E-state index contributed by atoms with van der Waals surface area (Å²) in [4.78, 5) is 16.0. The minimum atomic E-state index is -0.205. The molecule has 1 aliphatic rings. The van der Waals surface area contributed by atoms with Gasteiger partial charge < -0.3 is 10.6 Å². The summed E-state index contributed by atoms with van der Waals surface area (Å²) in [7, 11) is 4.09. The Morgan fingerprint density at radius 3 is 2.85 bits per heavy atom. The smallest absolute Gasteiger partial charge is 0.234 e. The van der Waals surface area contributed by atoms with Gasteiger partial charge in [-0.3, -0.25) is 9.69 Å². The lowest BCUT2D eigenvalue weighted by Crippen LogP contribution is -2.43. The quantitative estimate of drug-likeness (QED) is 0.896. The summed E-state index contributed by atoms with van der Waals surface area (Å²) in [5.74, 6) is -0.205. The normalized spacial score (nSPS) is 20.9. The molecule has 1 heterocycles. The van der Waals surface area contributed by atoms with Crippen molar-refractivity contribution in [2.24, 2.45) is 5.73 Å². The van der Waals surface area contributed by atoms with Gasteiger partial charge in [0.2, 0.25) is 5.91 Å². The second-order valence-electron chi connectivity index (χ2n) is 5.71. The van der Waals surface area contributed by atoms with Crippen molar-refractivity contribution in [2.45, 2.75) is 38.3 Å². The zero-order chi connectivity index (χ0) is 14.7. The Kier molecular flexibility index (Phi) is 4.65. The van der Waals surface area contributed by atoms with Crippen LogP contribution < -0.4 is 10.6 Å². The van der Waals surface area contributed by atoms with Crippen LogP contribution in [0.25, 0.3) is 0 Å². The lowest BCUT2D eigenvalue weighted by Gasteiger charge is -2.31. The number of anilines is 1. The van der Waals surface area contributed by atoms with Gasteiger partial charge in [0, 0.05) is 25.8 Å². The number of hydrogen-bond acceptors (Lipinski definition) is 3. The van der Waals surface area contributed by atoms with Crippen molar-refractivity contribution < 1.29 is 4.79 Å². The van der Waals surface area contributed by atoms with E-state index < -0.39 is 0 Å². The third-order valence-electron chi connectivity index (χ3n) is 4.18. The minimum Gasteiger partial charge on any atom is -0.378 e. The molecule has 1 saturated heterocycles. The van der Waals surface area contributed by atoms with Crippen LogP contribution in [-0.4, -0.2) is 37.5 Å². The molecule has 0 spiro atoms. The summed E-state index contributed by atoms with van der Waals surface area (Å²) in [5.41, 5.74) is 8.04. The van der Waals surface area contributed by atoms with Gasteiger partial charge in [-0.2, -0.15) is 0 Å². The third kappa shape index (κ3) is 2.96. The number of primary amides is 1. The van der Waals surface area contributed by atoms with Crippen molar-refractivity contribution in [1.29, 1.82) is 0 Å². The Bertz CT molecular complexity index is 473. The van der Waals surface area contributed by atoms with Crippen LogP contribution in [0.2, 0.25) is 0 Å². The van der Waals surface area contributed by atoms with Crippen LogP contribution in [0.15, 0.2) is 24.3 Å². The molecule has 0 saturated carbocycles. The topological polar surface area (TPSA) is 49.6 Å². The van der Waals surface area contributed by atoms with Gasteiger partial charge in [0.05, 0.1) is 6.04 Å². The average Bonchev–Trinajstić information content (AvgIpc) is 2.88. The van der Waals surface area contributed by atoms with Gasteiger partial charge in [-0.25, -0.2) is 0 Å². The Morgan fingerprint density at radius 1 is 1.50 bits per heavy atom. The first-order valence-corrected chi connectivity index (χ1v) is 7.37. The molecule has 1 aliphatic heterocycles. The highest BCUT2D eigenvalue weighted by molar-refractivity contribution is 5.79. The van der Waals surface area contributed by atoms with Crippen LogP contribution in [0.3, 0.4) is 0 Å². The number of likely N-dealkylation sites (tertiary alicyclic amines) is 1. The summed E-state index contributed by atoms with van der Waals surface area (Å²) in [6.07, 6.45) is 3.00. The fourth-order valence-corrected chi connectivity index (χ4v) is 3.13. The molecule has 4 nitrogen and oxygen atoms in total. The first-order chi connectivity index (χ1) is 9.54. The van der Waals surface area contributed by atoms with Crippen LogP contribution in [-0.2, 0) is 4.79 Å². The molecule has 1 aromatic rings. The molecule has 1 aromatic carbocycles.